The zero-order valence-corrected chi connectivity index (χ0v) is 18.4. The summed E-state index contributed by atoms with van der Waals surface area (Å²) in [7, 11) is 0. The maximum absolute atomic E-state index is 12.9. The molecular formula is C24H28N4OS. The number of carbonyl (C=O) groups is 1. The number of para-hydroxylation sites is 1. The molecule has 5 nitrogen and oxygen atoms in total. The van der Waals surface area contributed by atoms with E-state index >= 15 is 0 Å². The van der Waals surface area contributed by atoms with E-state index < -0.39 is 0 Å². The van der Waals surface area contributed by atoms with Gasteiger partial charge in [-0.05, 0) is 41.8 Å². The van der Waals surface area contributed by atoms with Crippen LogP contribution in [0, 0.1) is 5.92 Å². The van der Waals surface area contributed by atoms with Crippen molar-refractivity contribution in [3.05, 3.63) is 70.4 Å². The van der Waals surface area contributed by atoms with Gasteiger partial charge in [-0.2, -0.15) is 11.3 Å². The number of nitrogens with zero attached hydrogens (tertiary/aromatic N) is 4. The van der Waals surface area contributed by atoms with Gasteiger partial charge in [-0.1, -0.05) is 32.0 Å². The minimum atomic E-state index is -0.155. The first kappa shape index (κ1) is 19.5. The molecule has 2 aliphatic heterocycles. The second kappa shape index (κ2) is 7.67. The molecule has 1 amide bonds. The van der Waals surface area contributed by atoms with Crippen LogP contribution < -0.4 is 0 Å². The molecule has 5 rings (SSSR count). The van der Waals surface area contributed by atoms with Crippen LogP contribution in [-0.2, 0) is 12.1 Å². The third-order valence-electron chi connectivity index (χ3n) is 6.51. The van der Waals surface area contributed by atoms with E-state index in [-0.39, 0.29) is 11.4 Å². The summed E-state index contributed by atoms with van der Waals surface area (Å²) in [6.07, 6.45) is 5.83. The second-order valence-corrected chi connectivity index (χ2v) is 9.64. The van der Waals surface area contributed by atoms with Crippen LogP contribution in [0.2, 0.25) is 0 Å². The van der Waals surface area contributed by atoms with E-state index in [1.165, 1.54) is 11.3 Å². The average molecular weight is 421 g/mol. The summed E-state index contributed by atoms with van der Waals surface area (Å²) in [5.74, 6) is 1.83. The van der Waals surface area contributed by atoms with Crippen LogP contribution in [-0.4, -0.2) is 44.9 Å². The molecule has 1 aromatic carbocycles. The molecule has 0 saturated carbocycles. The Morgan fingerprint density at radius 1 is 1.20 bits per heavy atom. The predicted molar refractivity (Wildman–Crippen MR) is 120 cm³/mol. The topological polar surface area (TPSA) is 41.4 Å². The molecule has 2 aromatic heterocycles. The Morgan fingerprint density at radius 2 is 2.00 bits per heavy atom. The van der Waals surface area contributed by atoms with Crippen molar-refractivity contribution in [2.24, 2.45) is 5.92 Å². The third kappa shape index (κ3) is 3.19. The Kier molecular flexibility index (Phi) is 4.99. The van der Waals surface area contributed by atoms with Gasteiger partial charge in [0.05, 0.1) is 16.8 Å². The summed E-state index contributed by atoms with van der Waals surface area (Å²) < 4.78 is 2.28. The zero-order valence-electron chi connectivity index (χ0n) is 17.6. The lowest BCUT2D eigenvalue weighted by Gasteiger charge is -2.48. The Morgan fingerprint density at radius 3 is 2.73 bits per heavy atom. The number of hydrogen-bond acceptors (Lipinski definition) is 4. The molecule has 0 unspecified atom stereocenters. The highest BCUT2D eigenvalue weighted by atomic mass is 32.1. The number of likely N-dealkylation sites (tertiary alicyclic amines) is 1. The standard InChI is InChI=1S/C24H28N4OS/c1-18(2)15-27-16-19-5-3-4-6-21(19)28-13-10-25-23(28)24(27)8-11-26(12-9-24)22(29)20-7-14-30-17-20/h3-7,10,13-14,17-18H,8-9,11-12,15-16H2,1-2H3. The molecule has 30 heavy (non-hydrogen) atoms. The lowest BCUT2D eigenvalue weighted by atomic mass is 9.83. The molecule has 1 spiro atoms. The molecule has 1 fully saturated rings. The summed E-state index contributed by atoms with van der Waals surface area (Å²) in [4.78, 5) is 22.5. The van der Waals surface area contributed by atoms with Gasteiger partial charge in [0.25, 0.3) is 5.91 Å². The average Bonchev–Trinajstić information content (AvgIpc) is 3.44. The highest BCUT2D eigenvalue weighted by molar-refractivity contribution is 7.08. The van der Waals surface area contributed by atoms with E-state index in [4.69, 9.17) is 4.98 Å². The Hall–Kier alpha value is -2.44. The van der Waals surface area contributed by atoms with Gasteiger partial charge >= 0.3 is 0 Å². The first-order valence-electron chi connectivity index (χ1n) is 10.8. The number of amides is 1. The largest absolute Gasteiger partial charge is 0.338 e. The number of piperidine rings is 1. The van der Waals surface area contributed by atoms with Crippen LogP contribution in [0.5, 0.6) is 0 Å². The molecule has 0 aliphatic carbocycles. The van der Waals surface area contributed by atoms with E-state index in [0.717, 1.165) is 50.4 Å². The normalized spacial score (nSPS) is 18.3. The first-order valence-corrected chi connectivity index (χ1v) is 11.7. The van der Waals surface area contributed by atoms with Crippen LogP contribution in [0.15, 0.2) is 53.5 Å². The van der Waals surface area contributed by atoms with Gasteiger partial charge in [0.15, 0.2) is 0 Å². The van der Waals surface area contributed by atoms with E-state index in [9.17, 15) is 4.79 Å². The number of thiophene rings is 1. The smallest absolute Gasteiger partial charge is 0.254 e. The monoisotopic (exact) mass is 420 g/mol. The van der Waals surface area contributed by atoms with Crippen molar-refractivity contribution < 1.29 is 4.79 Å². The first-order chi connectivity index (χ1) is 14.6. The van der Waals surface area contributed by atoms with E-state index in [1.807, 2.05) is 27.9 Å². The maximum atomic E-state index is 12.9. The second-order valence-electron chi connectivity index (χ2n) is 8.86. The quantitative estimate of drug-likeness (QED) is 0.625. The lowest BCUT2D eigenvalue weighted by molar-refractivity contribution is 0.000803. The SMILES string of the molecule is CC(C)CN1Cc2ccccc2-n2ccnc2C12CCN(C(=O)c1ccsc1)CC2. The highest BCUT2D eigenvalue weighted by Gasteiger charge is 2.47. The maximum Gasteiger partial charge on any atom is 0.254 e. The molecule has 3 aromatic rings. The van der Waals surface area contributed by atoms with Crippen molar-refractivity contribution in [1.82, 2.24) is 19.4 Å². The molecule has 156 valence electrons. The Balaban J connectivity index is 1.52. The van der Waals surface area contributed by atoms with Crippen molar-refractivity contribution in [3.8, 4) is 5.69 Å². The molecule has 6 heteroatoms. The van der Waals surface area contributed by atoms with Gasteiger partial charge in [-0.15, -0.1) is 0 Å². The molecule has 0 atom stereocenters. The number of hydrogen-bond donors (Lipinski definition) is 0. The van der Waals surface area contributed by atoms with Crippen molar-refractivity contribution >= 4 is 17.2 Å². The number of aromatic nitrogens is 2. The van der Waals surface area contributed by atoms with Crippen LogP contribution >= 0.6 is 11.3 Å². The predicted octanol–water partition coefficient (Wildman–Crippen LogP) is 4.54. The van der Waals surface area contributed by atoms with E-state index in [0.29, 0.717) is 5.92 Å². The van der Waals surface area contributed by atoms with E-state index in [2.05, 4.69) is 53.8 Å². The fraction of sp³-hybridized carbons (Fsp3) is 0.417. The van der Waals surface area contributed by atoms with Gasteiger partial charge in [0.1, 0.15) is 5.82 Å². The summed E-state index contributed by atoms with van der Waals surface area (Å²) in [6, 6.07) is 10.6. The number of rotatable bonds is 3. The molecule has 1 saturated heterocycles. The van der Waals surface area contributed by atoms with Gasteiger partial charge in [0, 0.05) is 44.0 Å². The van der Waals surface area contributed by atoms with Gasteiger partial charge in [-0.25, -0.2) is 4.98 Å². The van der Waals surface area contributed by atoms with Gasteiger partial charge in [0.2, 0.25) is 0 Å². The van der Waals surface area contributed by atoms with Gasteiger partial charge < -0.3 is 9.47 Å². The van der Waals surface area contributed by atoms with Crippen molar-refractivity contribution in [1.29, 1.82) is 0 Å². The zero-order chi connectivity index (χ0) is 20.7. The van der Waals surface area contributed by atoms with Crippen molar-refractivity contribution in [3.63, 3.8) is 0 Å². The summed E-state index contributed by atoms with van der Waals surface area (Å²) in [5, 5.41) is 3.93. The minimum absolute atomic E-state index is 0.154. The summed E-state index contributed by atoms with van der Waals surface area (Å²) >= 11 is 1.58. The molecule has 0 radical (unpaired) electrons. The number of imidazole rings is 1. The molecule has 0 N–H and O–H groups in total. The van der Waals surface area contributed by atoms with Gasteiger partial charge in [-0.3, -0.25) is 9.69 Å². The third-order valence-corrected chi connectivity index (χ3v) is 7.19. The Labute approximate surface area is 182 Å². The summed E-state index contributed by atoms with van der Waals surface area (Å²) in [6.45, 7) is 8.01. The molecule has 0 bridgehead atoms. The number of carbonyl (C=O) groups excluding carboxylic acids is 1. The molecule has 2 aliphatic rings. The van der Waals surface area contributed by atoms with Crippen molar-refractivity contribution in [2.75, 3.05) is 19.6 Å². The lowest BCUT2D eigenvalue weighted by Crippen LogP contribution is -2.55. The highest BCUT2D eigenvalue weighted by Crippen LogP contribution is 2.43. The van der Waals surface area contributed by atoms with Crippen LogP contribution in [0.1, 0.15) is 48.4 Å². The summed E-state index contributed by atoms with van der Waals surface area (Å²) in [5.41, 5.74) is 3.22. The number of benzene rings is 1. The fourth-order valence-corrected chi connectivity index (χ4v) is 5.72. The molecule has 4 heterocycles. The van der Waals surface area contributed by atoms with Crippen LogP contribution in [0.25, 0.3) is 5.69 Å². The van der Waals surface area contributed by atoms with Crippen LogP contribution in [0.3, 0.4) is 0 Å². The van der Waals surface area contributed by atoms with E-state index in [1.54, 1.807) is 11.3 Å². The van der Waals surface area contributed by atoms with Crippen molar-refractivity contribution in [2.45, 2.75) is 38.8 Å². The van der Waals surface area contributed by atoms with Crippen LogP contribution in [0.4, 0.5) is 0 Å². The molecular weight excluding hydrogens is 392 g/mol. The minimum Gasteiger partial charge on any atom is -0.338 e. The fourth-order valence-electron chi connectivity index (χ4n) is 5.09. The number of fused-ring (bicyclic) bond motifs is 4. The Bertz CT molecular complexity index is 1030.